The summed E-state index contributed by atoms with van der Waals surface area (Å²) in [5, 5.41) is 9.62. The Morgan fingerprint density at radius 2 is 2.00 bits per heavy atom. The number of rotatable bonds is 5. The highest BCUT2D eigenvalue weighted by molar-refractivity contribution is 7.13. The quantitative estimate of drug-likeness (QED) is 0.501. The summed E-state index contributed by atoms with van der Waals surface area (Å²) in [7, 11) is 0. The maximum absolute atomic E-state index is 13.7. The van der Waals surface area contributed by atoms with Crippen LogP contribution < -0.4 is 11.1 Å². The van der Waals surface area contributed by atoms with E-state index in [4.69, 9.17) is 10.7 Å². The van der Waals surface area contributed by atoms with Crippen molar-refractivity contribution < 1.29 is 14.0 Å². The zero-order valence-electron chi connectivity index (χ0n) is 16.2. The van der Waals surface area contributed by atoms with E-state index in [2.05, 4.69) is 10.4 Å². The van der Waals surface area contributed by atoms with E-state index in [0.717, 1.165) is 10.9 Å². The van der Waals surface area contributed by atoms with Crippen LogP contribution in [0.5, 0.6) is 0 Å². The third-order valence-electron chi connectivity index (χ3n) is 4.56. The maximum Gasteiger partial charge on any atom is 0.256 e. The van der Waals surface area contributed by atoms with Crippen LogP contribution in [0.3, 0.4) is 0 Å². The number of nitrogens with one attached hydrogen (secondary N) is 1. The van der Waals surface area contributed by atoms with Gasteiger partial charge in [-0.1, -0.05) is 6.07 Å². The molecule has 0 spiro atoms. The van der Waals surface area contributed by atoms with Crippen molar-refractivity contribution in [1.82, 2.24) is 14.8 Å². The molecule has 0 aliphatic heterocycles. The van der Waals surface area contributed by atoms with E-state index in [1.807, 2.05) is 31.4 Å². The Balaban J connectivity index is 1.80. The predicted octanol–water partition coefficient (Wildman–Crippen LogP) is 4.23. The first-order valence-corrected chi connectivity index (χ1v) is 10.1. The van der Waals surface area contributed by atoms with Crippen LogP contribution in [0.4, 0.5) is 10.1 Å². The fourth-order valence-electron chi connectivity index (χ4n) is 3.12. The number of primary amides is 1. The Bertz CT molecular complexity index is 1260. The zero-order valence-corrected chi connectivity index (χ0v) is 17.0. The largest absolute Gasteiger partial charge is 0.366 e. The van der Waals surface area contributed by atoms with E-state index >= 15 is 0 Å². The lowest BCUT2D eigenvalue weighted by Crippen LogP contribution is -2.16. The molecule has 2 amide bonds. The zero-order chi connectivity index (χ0) is 21.4. The first-order chi connectivity index (χ1) is 14.3. The minimum Gasteiger partial charge on any atom is -0.366 e. The first-order valence-electron chi connectivity index (χ1n) is 9.18. The van der Waals surface area contributed by atoms with Crippen molar-refractivity contribution in [2.45, 2.75) is 19.9 Å². The summed E-state index contributed by atoms with van der Waals surface area (Å²) in [6.07, 6.45) is 1.61. The minimum absolute atomic E-state index is 0.0553. The second kappa shape index (κ2) is 7.68. The Morgan fingerprint density at radius 3 is 2.67 bits per heavy atom. The van der Waals surface area contributed by atoms with Crippen LogP contribution >= 0.6 is 11.3 Å². The molecular weight excluding hydrogens is 405 g/mol. The standard InChI is InChI=1S/C21H18FN5O2S/c1-11(2)27-20-15(10-24-27)13(9-17(26-20)18-4-3-7-30-18)21(29)25-12-5-6-16(22)14(8-12)19(23)28/h3-11H,1-2H3,(H2,23,28)(H,25,29). The van der Waals surface area contributed by atoms with Crippen LogP contribution in [0, 0.1) is 5.82 Å². The van der Waals surface area contributed by atoms with Gasteiger partial charge in [-0.25, -0.2) is 14.1 Å². The molecule has 4 rings (SSSR count). The van der Waals surface area contributed by atoms with Crippen LogP contribution in [-0.4, -0.2) is 26.6 Å². The fraction of sp³-hybridized carbons (Fsp3) is 0.143. The summed E-state index contributed by atoms with van der Waals surface area (Å²) in [5.74, 6) is -2.08. The molecule has 0 radical (unpaired) electrons. The lowest BCUT2D eigenvalue weighted by molar-refractivity contribution is 0.0992. The average molecular weight is 423 g/mol. The highest BCUT2D eigenvalue weighted by Crippen LogP contribution is 2.29. The van der Waals surface area contributed by atoms with Gasteiger partial charge in [0.2, 0.25) is 0 Å². The lowest BCUT2D eigenvalue weighted by atomic mass is 10.1. The number of hydrogen-bond acceptors (Lipinski definition) is 5. The molecule has 9 heteroatoms. The number of carbonyl (C=O) groups is 2. The van der Waals surface area contributed by atoms with Gasteiger partial charge in [-0.3, -0.25) is 9.59 Å². The second-order valence-electron chi connectivity index (χ2n) is 6.97. The number of carbonyl (C=O) groups excluding carboxylic acids is 2. The van der Waals surface area contributed by atoms with Crippen molar-refractivity contribution in [2.24, 2.45) is 5.73 Å². The summed E-state index contributed by atoms with van der Waals surface area (Å²) in [6.45, 7) is 3.96. The number of benzene rings is 1. The summed E-state index contributed by atoms with van der Waals surface area (Å²) in [6, 6.07) is 9.27. The van der Waals surface area contributed by atoms with Crippen molar-refractivity contribution in [2.75, 3.05) is 5.32 Å². The van der Waals surface area contributed by atoms with Gasteiger partial charge in [0.25, 0.3) is 11.8 Å². The number of fused-ring (bicyclic) bond motifs is 1. The van der Waals surface area contributed by atoms with E-state index in [9.17, 15) is 14.0 Å². The number of hydrogen-bond donors (Lipinski definition) is 2. The van der Waals surface area contributed by atoms with Crippen LogP contribution in [-0.2, 0) is 0 Å². The summed E-state index contributed by atoms with van der Waals surface area (Å²) >= 11 is 1.52. The van der Waals surface area contributed by atoms with Gasteiger partial charge in [0.05, 0.1) is 33.3 Å². The Kier molecular flexibility index (Phi) is 5.04. The van der Waals surface area contributed by atoms with Gasteiger partial charge in [-0.05, 0) is 49.6 Å². The van der Waals surface area contributed by atoms with Crippen molar-refractivity contribution in [1.29, 1.82) is 0 Å². The fourth-order valence-corrected chi connectivity index (χ4v) is 3.81. The molecule has 3 aromatic heterocycles. The molecule has 152 valence electrons. The SMILES string of the molecule is CC(C)n1ncc2c(C(=O)Nc3ccc(F)c(C(N)=O)c3)cc(-c3cccs3)nc21. The van der Waals surface area contributed by atoms with Gasteiger partial charge < -0.3 is 11.1 Å². The van der Waals surface area contributed by atoms with Crippen LogP contribution in [0.25, 0.3) is 21.6 Å². The number of thiophene rings is 1. The highest BCUT2D eigenvalue weighted by Gasteiger charge is 2.19. The van der Waals surface area contributed by atoms with Crippen LogP contribution in [0.15, 0.2) is 48.0 Å². The first kappa shape index (κ1) is 19.7. The van der Waals surface area contributed by atoms with Crippen molar-refractivity contribution >= 4 is 39.9 Å². The molecular formula is C21H18FN5O2S. The monoisotopic (exact) mass is 423 g/mol. The van der Waals surface area contributed by atoms with Crippen molar-refractivity contribution in [3.8, 4) is 10.6 Å². The van der Waals surface area contributed by atoms with Gasteiger partial charge in [-0.15, -0.1) is 11.3 Å². The summed E-state index contributed by atoms with van der Waals surface area (Å²) in [4.78, 5) is 30.1. The molecule has 0 saturated heterocycles. The molecule has 0 atom stereocenters. The number of amides is 2. The number of nitrogens with two attached hydrogens (primary N) is 1. The van der Waals surface area contributed by atoms with E-state index < -0.39 is 17.6 Å². The predicted molar refractivity (Wildman–Crippen MR) is 114 cm³/mol. The van der Waals surface area contributed by atoms with Crippen molar-refractivity contribution in [3.63, 3.8) is 0 Å². The Morgan fingerprint density at radius 1 is 1.20 bits per heavy atom. The maximum atomic E-state index is 13.7. The summed E-state index contributed by atoms with van der Waals surface area (Å²) in [5.41, 5.74) is 6.79. The second-order valence-corrected chi connectivity index (χ2v) is 7.91. The topological polar surface area (TPSA) is 103 Å². The Labute approximate surface area is 175 Å². The molecule has 4 aromatic rings. The molecule has 0 fully saturated rings. The van der Waals surface area contributed by atoms with Gasteiger partial charge in [0.15, 0.2) is 5.65 Å². The van der Waals surface area contributed by atoms with E-state index in [1.165, 1.54) is 23.5 Å². The third-order valence-corrected chi connectivity index (χ3v) is 5.46. The van der Waals surface area contributed by atoms with Gasteiger partial charge >= 0.3 is 0 Å². The number of pyridine rings is 1. The number of halogens is 1. The Hall–Kier alpha value is -3.59. The third kappa shape index (κ3) is 3.55. The molecule has 0 bridgehead atoms. The molecule has 1 aromatic carbocycles. The molecule has 7 nitrogen and oxygen atoms in total. The minimum atomic E-state index is -0.909. The average Bonchev–Trinajstić information content (AvgIpc) is 3.38. The molecule has 30 heavy (non-hydrogen) atoms. The number of nitrogens with zero attached hydrogens (tertiary/aromatic N) is 3. The molecule has 0 unspecified atom stereocenters. The molecule has 0 aliphatic carbocycles. The number of anilines is 1. The smallest absolute Gasteiger partial charge is 0.256 e. The van der Waals surface area contributed by atoms with Crippen LogP contribution in [0.2, 0.25) is 0 Å². The van der Waals surface area contributed by atoms with E-state index in [-0.39, 0.29) is 17.3 Å². The van der Waals surface area contributed by atoms with Gasteiger partial charge in [0, 0.05) is 11.7 Å². The van der Waals surface area contributed by atoms with Crippen molar-refractivity contribution in [3.05, 3.63) is 64.9 Å². The van der Waals surface area contributed by atoms with Crippen LogP contribution in [0.1, 0.15) is 40.6 Å². The summed E-state index contributed by atoms with van der Waals surface area (Å²) < 4.78 is 15.5. The molecule has 3 N–H and O–H groups in total. The van der Waals surface area contributed by atoms with Gasteiger partial charge in [0.1, 0.15) is 5.82 Å². The lowest BCUT2D eigenvalue weighted by Gasteiger charge is -2.11. The van der Waals surface area contributed by atoms with Gasteiger partial charge in [-0.2, -0.15) is 5.10 Å². The molecule has 0 aliphatic rings. The molecule has 0 saturated carbocycles. The van der Waals surface area contributed by atoms with E-state index in [0.29, 0.717) is 22.3 Å². The van der Waals surface area contributed by atoms with E-state index in [1.54, 1.807) is 16.9 Å². The molecule has 3 heterocycles. The normalized spacial score (nSPS) is 11.2. The highest BCUT2D eigenvalue weighted by atomic mass is 32.1. The number of aromatic nitrogens is 3.